The number of aromatic nitrogens is 3. The molecule has 0 spiro atoms. The van der Waals surface area contributed by atoms with E-state index in [2.05, 4.69) is 20.3 Å². The fourth-order valence-electron chi connectivity index (χ4n) is 2.45. The monoisotopic (exact) mass is 432 g/mol. The van der Waals surface area contributed by atoms with Gasteiger partial charge in [-0.25, -0.2) is 9.78 Å². The van der Waals surface area contributed by atoms with Crippen molar-refractivity contribution < 1.29 is 28.5 Å². The molecule has 0 fully saturated rings. The zero-order valence-electron chi connectivity index (χ0n) is 18.8. The van der Waals surface area contributed by atoms with Gasteiger partial charge in [-0.1, -0.05) is 13.8 Å². The molecule has 0 aromatic carbocycles. The van der Waals surface area contributed by atoms with Crippen LogP contribution in [0, 0.1) is 5.92 Å². The van der Waals surface area contributed by atoms with Crippen molar-refractivity contribution in [1.29, 1.82) is 0 Å². The Kier molecular flexibility index (Phi) is 7.73. The van der Waals surface area contributed by atoms with Crippen molar-refractivity contribution in [3.05, 3.63) is 30.1 Å². The van der Waals surface area contributed by atoms with Gasteiger partial charge in [-0.05, 0) is 38.8 Å². The zero-order chi connectivity index (χ0) is 23.2. The van der Waals surface area contributed by atoms with Crippen LogP contribution in [0.1, 0.15) is 45.1 Å². The molecule has 10 nitrogen and oxygen atoms in total. The van der Waals surface area contributed by atoms with E-state index in [0.717, 1.165) is 0 Å². The summed E-state index contributed by atoms with van der Waals surface area (Å²) in [5.74, 6) is -0.798. The molecule has 0 radical (unpaired) electrons. The highest BCUT2D eigenvalue weighted by molar-refractivity contribution is 5.97. The molecule has 1 atom stereocenters. The molecule has 0 saturated carbocycles. The number of carbonyl (C=O) groups excluding carboxylic acids is 2. The van der Waals surface area contributed by atoms with Crippen LogP contribution < -0.4 is 19.5 Å². The van der Waals surface area contributed by atoms with Gasteiger partial charge < -0.3 is 24.3 Å². The van der Waals surface area contributed by atoms with E-state index in [1.54, 1.807) is 40.7 Å². The molecule has 2 heterocycles. The normalized spacial score (nSPS) is 12.1. The fraction of sp³-hybridized carbons (Fsp3) is 0.476. The number of ether oxygens (including phenoxy) is 4. The first kappa shape index (κ1) is 23.8. The van der Waals surface area contributed by atoms with Gasteiger partial charge in [0, 0.05) is 6.20 Å². The van der Waals surface area contributed by atoms with E-state index in [-0.39, 0.29) is 35.1 Å². The standard InChI is InChI=1S/C21H28N4O6/c1-12(2)16(19(27)31-21(3,4)5)25-18(26)17-13(9-8-10-22-17)30-20-23-14(28-6)11-15(24-20)29-7/h8-12,16H,1-7H3,(H,25,26)/t16-/m0/s1. The minimum absolute atomic E-state index is 0.0397. The summed E-state index contributed by atoms with van der Waals surface area (Å²) in [5, 5.41) is 2.68. The van der Waals surface area contributed by atoms with Crippen LogP contribution in [-0.4, -0.2) is 52.7 Å². The lowest BCUT2D eigenvalue weighted by Crippen LogP contribution is -2.47. The van der Waals surface area contributed by atoms with Crippen LogP contribution in [0.3, 0.4) is 0 Å². The maximum atomic E-state index is 12.9. The van der Waals surface area contributed by atoms with Crippen molar-refractivity contribution in [2.75, 3.05) is 14.2 Å². The molecule has 2 rings (SSSR count). The Morgan fingerprint density at radius 3 is 2.19 bits per heavy atom. The number of amides is 1. The van der Waals surface area contributed by atoms with Gasteiger partial charge in [0.05, 0.1) is 20.3 Å². The predicted molar refractivity (Wildman–Crippen MR) is 111 cm³/mol. The van der Waals surface area contributed by atoms with Gasteiger partial charge in [0.2, 0.25) is 11.8 Å². The molecule has 168 valence electrons. The van der Waals surface area contributed by atoms with Gasteiger partial charge in [-0.2, -0.15) is 9.97 Å². The van der Waals surface area contributed by atoms with Crippen molar-refractivity contribution in [2.24, 2.45) is 5.92 Å². The maximum absolute atomic E-state index is 12.9. The SMILES string of the molecule is COc1cc(OC)nc(Oc2cccnc2C(=O)N[C@H](C(=O)OC(C)(C)C)C(C)C)n1. The summed E-state index contributed by atoms with van der Waals surface area (Å²) < 4.78 is 21.3. The van der Waals surface area contributed by atoms with Gasteiger partial charge >= 0.3 is 12.0 Å². The topological polar surface area (TPSA) is 122 Å². The molecule has 0 bridgehead atoms. The third-order valence-corrected chi connectivity index (χ3v) is 3.88. The summed E-state index contributed by atoms with van der Waals surface area (Å²) >= 11 is 0. The summed E-state index contributed by atoms with van der Waals surface area (Å²) in [6.07, 6.45) is 1.44. The number of esters is 1. The lowest BCUT2D eigenvalue weighted by atomic mass is 10.0. The van der Waals surface area contributed by atoms with Crippen LogP contribution >= 0.6 is 0 Å². The average molecular weight is 432 g/mol. The molecule has 31 heavy (non-hydrogen) atoms. The van der Waals surface area contributed by atoms with Crippen molar-refractivity contribution in [3.63, 3.8) is 0 Å². The third kappa shape index (κ3) is 6.80. The van der Waals surface area contributed by atoms with Crippen LogP contribution in [0.5, 0.6) is 23.5 Å². The molecule has 10 heteroatoms. The quantitative estimate of drug-likeness (QED) is 0.627. The summed E-state index contributed by atoms with van der Waals surface area (Å²) in [7, 11) is 2.88. The van der Waals surface area contributed by atoms with E-state index in [9.17, 15) is 9.59 Å². The number of hydrogen-bond donors (Lipinski definition) is 1. The minimum atomic E-state index is -0.866. The summed E-state index contributed by atoms with van der Waals surface area (Å²) in [6, 6.07) is 3.66. The van der Waals surface area contributed by atoms with Gasteiger partial charge in [-0.3, -0.25) is 4.79 Å². The molecule has 1 amide bonds. The largest absolute Gasteiger partial charge is 0.481 e. The Balaban J connectivity index is 2.28. The highest BCUT2D eigenvalue weighted by atomic mass is 16.6. The van der Waals surface area contributed by atoms with Crippen molar-refractivity contribution in [2.45, 2.75) is 46.3 Å². The van der Waals surface area contributed by atoms with Gasteiger partial charge in [0.15, 0.2) is 11.4 Å². The first-order chi connectivity index (χ1) is 14.5. The van der Waals surface area contributed by atoms with Crippen LogP contribution in [0.2, 0.25) is 0 Å². The summed E-state index contributed by atoms with van der Waals surface area (Å²) in [6.45, 7) is 8.90. The minimum Gasteiger partial charge on any atom is -0.481 e. The Morgan fingerprint density at radius 2 is 1.68 bits per heavy atom. The molecule has 2 aromatic rings. The Labute approximate surface area is 181 Å². The Bertz CT molecular complexity index is 904. The molecule has 0 unspecified atom stereocenters. The predicted octanol–water partition coefficient (Wildman–Crippen LogP) is 2.78. The number of methoxy groups -OCH3 is 2. The second kappa shape index (κ2) is 10.1. The lowest BCUT2D eigenvalue weighted by Gasteiger charge is -2.26. The van der Waals surface area contributed by atoms with Gasteiger partial charge in [-0.15, -0.1) is 0 Å². The third-order valence-electron chi connectivity index (χ3n) is 3.88. The highest BCUT2D eigenvalue weighted by Crippen LogP contribution is 2.25. The molecular formula is C21H28N4O6. The Hall–Kier alpha value is -3.43. The molecule has 2 aromatic heterocycles. The molecule has 0 aliphatic heterocycles. The van der Waals surface area contributed by atoms with E-state index in [4.69, 9.17) is 18.9 Å². The second-order valence-corrected chi connectivity index (χ2v) is 7.92. The van der Waals surface area contributed by atoms with Crippen LogP contribution in [0.4, 0.5) is 0 Å². The smallest absolute Gasteiger partial charge is 0.329 e. The average Bonchev–Trinajstić information content (AvgIpc) is 2.70. The van der Waals surface area contributed by atoms with Crippen LogP contribution in [0.15, 0.2) is 24.4 Å². The summed E-state index contributed by atoms with van der Waals surface area (Å²) in [4.78, 5) is 37.8. The van der Waals surface area contributed by atoms with E-state index in [1.807, 2.05) is 0 Å². The Morgan fingerprint density at radius 1 is 1.06 bits per heavy atom. The first-order valence-corrected chi connectivity index (χ1v) is 9.67. The lowest BCUT2D eigenvalue weighted by molar-refractivity contribution is -0.158. The molecule has 0 aliphatic carbocycles. The molecule has 1 N–H and O–H groups in total. The van der Waals surface area contributed by atoms with E-state index < -0.39 is 23.5 Å². The fourth-order valence-corrected chi connectivity index (χ4v) is 2.45. The molecule has 0 aliphatic rings. The second-order valence-electron chi connectivity index (χ2n) is 7.92. The van der Waals surface area contributed by atoms with Crippen molar-refractivity contribution in [1.82, 2.24) is 20.3 Å². The van der Waals surface area contributed by atoms with Gasteiger partial charge in [0.1, 0.15) is 11.6 Å². The van der Waals surface area contributed by atoms with Crippen LogP contribution in [-0.2, 0) is 9.53 Å². The molecular weight excluding hydrogens is 404 g/mol. The maximum Gasteiger partial charge on any atom is 0.329 e. The number of nitrogens with zero attached hydrogens (tertiary/aromatic N) is 3. The number of nitrogens with one attached hydrogen (secondary N) is 1. The summed E-state index contributed by atoms with van der Waals surface area (Å²) in [5.41, 5.74) is -0.723. The number of pyridine rings is 1. The van der Waals surface area contributed by atoms with E-state index >= 15 is 0 Å². The van der Waals surface area contributed by atoms with Crippen molar-refractivity contribution in [3.8, 4) is 23.5 Å². The van der Waals surface area contributed by atoms with Gasteiger partial charge in [0.25, 0.3) is 5.91 Å². The number of carbonyl (C=O) groups is 2. The van der Waals surface area contributed by atoms with Crippen molar-refractivity contribution >= 4 is 11.9 Å². The van der Waals surface area contributed by atoms with Crippen LogP contribution in [0.25, 0.3) is 0 Å². The first-order valence-electron chi connectivity index (χ1n) is 9.67. The number of rotatable bonds is 8. The van der Waals surface area contributed by atoms with E-state index in [0.29, 0.717) is 0 Å². The highest BCUT2D eigenvalue weighted by Gasteiger charge is 2.30. The molecule has 0 saturated heterocycles. The number of hydrogen-bond acceptors (Lipinski definition) is 9. The van der Waals surface area contributed by atoms with E-state index in [1.165, 1.54) is 32.5 Å². The zero-order valence-corrected chi connectivity index (χ0v) is 18.8.